The van der Waals surface area contributed by atoms with Gasteiger partial charge in [0.1, 0.15) is 0 Å². The van der Waals surface area contributed by atoms with Crippen LogP contribution < -0.4 is 5.32 Å². The largest absolute Gasteiger partial charge is 0.392 e. The number of hydrogen-bond acceptors (Lipinski definition) is 2. The zero-order valence-electron chi connectivity index (χ0n) is 10.8. The molecule has 0 aliphatic heterocycles. The molecule has 2 atom stereocenters. The van der Waals surface area contributed by atoms with Crippen LogP contribution in [0.5, 0.6) is 0 Å². The third kappa shape index (κ3) is 2.31. The summed E-state index contributed by atoms with van der Waals surface area (Å²) in [6, 6.07) is 5.60. The SMILES string of the molecule is Cc1ccc(C(=O)NC2CC(O)C2(C)C)cc1Br. The number of aryl methyl sites for hydroxylation is 1. The lowest BCUT2D eigenvalue weighted by Crippen LogP contribution is -2.61. The maximum Gasteiger partial charge on any atom is 0.251 e. The van der Waals surface area contributed by atoms with E-state index in [0.29, 0.717) is 12.0 Å². The zero-order chi connectivity index (χ0) is 13.5. The molecule has 18 heavy (non-hydrogen) atoms. The number of halogens is 1. The molecule has 1 aliphatic rings. The van der Waals surface area contributed by atoms with Crippen LogP contribution >= 0.6 is 15.9 Å². The highest BCUT2D eigenvalue weighted by molar-refractivity contribution is 9.10. The van der Waals surface area contributed by atoms with Crippen LogP contribution in [-0.2, 0) is 0 Å². The van der Waals surface area contributed by atoms with Crippen LogP contribution in [0.25, 0.3) is 0 Å². The Morgan fingerprint density at radius 1 is 1.50 bits per heavy atom. The first-order valence-corrected chi connectivity index (χ1v) is 6.86. The summed E-state index contributed by atoms with van der Waals surface area (Å²) in [7, 11) is 0. The van der Waals surface area contributed by atoms with Crippen LogP contribution in [0.3, 0.4) is 0 Å². The molecule has 0 spiro atoms. The summed E-state index contributed by atoms with van der Waals surface area (Å²) >= 11 is 3.42. The molecule has 0 radical (unpaired) electrons. The highest BCUT2D eigenvalue weighted by atomic mass is 79.9. The average Bonchev–Trinajstić information content (AvgIpc) is 2.32. The van der Waals surface area contributed by atoms with E-state index in [4.69, 9.17) is 0 Å². The molecule has 2 unspecified atom stereocenters. The lowest BCUT2D eigenvalue weighted by Gasteiger charge is -2.49. The first-order chi connectivity index (χ1) is 8.32. The zero-order valence-corrected chi connectivity index (χ0v) is 12.4. The van der Waals surface area contributed by atoms with Crippen molar-refractivity contribution in [3.05, 3.63) is 33.8 Å². The quantitative estimate of drug-likeness (QED) is 0.882. The molecule has 0 bridgehead atoms. The van der Waals surface area contributed by atoms with Crippen molar-refractivity contribution in [3.63, 3.8) is 0 Å². The van der Waals surface area contributed by atoms with Gasteiger partial charge in [0.15, 0.2) is 0 Å². The molecular weight excluding hydrogens is 294 g/mol. The van der Waals surface area contributed by atoms with E-state index in [2.05, 4.69) is 21.2 Å². The average molecular weight is 312 g/mol. The normalized spacial score (nSPS) is 25.4. The van der Waals surface area contributed by atoms with Crippen LogP contribution in [0.4, 0.5) is 0 Å². The number of rotatable bonds is 2. The third-order valence-electron chi connectivity index (χ3n) is 3.96. The lowest BCUT2D eigenvalue weighted by molar-refractivity contribution is -0.0689. The minimum atomic E-state index is -0.326. The van der Waals surface area contributed by atoms with Gasteiger partial charge in [0.2, 0.25) is 0 Å². The fraction of sp³-hybridized carbons (Fsp3) is 0.500. The Morgan fingerprint density at radius 3 is 2.67 bits per heavy atom. The maximum absolute atomic E-state index is 12.1. The van der Waals surface area contributed by atoms with E-state index in [1.165, 1.54) is 0 Å². The van der Waals surface area contributed by atoms with Gasteiger partial charge in [-0.15, -0.1) is 0 Å². The molecular formula is C14H18BrNO2. The van der Waals surface area contributed by atoms with E-state index in [1.807, 2.05) is 39.0 Å². The van der Waals surface area contributed by atoms with E-state index < -0.39 is 0 Å². The summed E-state index contributed by atoms with van der Waals surface area (Å²) in [4.78, 5) is 12.1. The first-order valence-electron chi connectivity index (χ1n) is 6.07. The molecule has 2 N–H and O–H groups in total. The van der Waals surface area contributed by atoms with Gasteiger partial charge in [-0.25, -0.2) is 0 Å². The molecule has 0 aromatic heterocycles. The summed E-state index contributed by atoms with van der Waals surface area (Å²) in [5.41, 5.74) is 1.51. The van der Waals surface area contributed by atoms with E-state index in [1.54, 1.807) is 0 Å². The predicted molar refractivity (Wildman–Crippen MR) is 74.5 cm³/mol. The van der Waals surface area contributed by atoms with E-state index in [-0.39, 0.29) is 23.5 Å². The van der Waals surface area contributed by atoms with Crippen molar-refractivity contribution in [1.29, 1.82) is 0 Å². The van der Waals surface area contributed by atoms with Crippen molar-refractivity contribution in [2.45, 2.75) is 39.3 Å². The van der Waals surface area contributed by atoms with Gasteiger partial charge in [0.05, 0.1) is 6.10 Å². The van der Waals surface area contributed by atoms with E-state index in [0.717, 1.165) is 10.0 Å². The van der Waals surface area contributed by atoms with Gasteiger partial charge in [0.25, 0.3) is 5.91 Å². The number of nitrogens with one attached hydrogen (secondary N) is 1. The van der Waals surface area contributed by atoms with Gasteiger partial charge in [-0.3, -0.25) is 4.79 Å². The second-order valence-electron chi connectivity index (χ2n) is 5.56. The maximum atomic E-state index is 12.1. The molecule has 3 nitrogen and oxygen atoms in total. The van der Waals surface area contributed by atoms with Gasteiger partial charge < -0.3 is 10.4 Å². The summed E-state index contributed by atoms with van der Waals surface area (Å²) in [6.07, 6.45) is 0.304. The van der Waals surface area contributed by atoms with Crippen molar-refractivity contribution in [2.75, 3.05) is 0 Å². The van der Waals surface area contributed by atoms with Crippen LogP contribution in [0.2, 0.25) is 0 Å². The smallest absolute Gasteiger partial charge is 0.251 e. The van der Waals surface area contributed by atoms with Crippen molar-refractivity contribution in [1.82, 2.24) is 5.32 Å². The fourth-order valence-corrected chi connectivity index (χ4v) is 2.50. The number of hydrogen-bond donors (Lipinski definition) is 2. The number of carbonyl (C=O) groups excluding carboxylic acids is 1. The summed E-state index contributed by atoms with van der Waals surface area (Å²) in [5.74, 6) is -0.0827. The Kier molecular flexibility index (Phi) is 3.52. The molecule has 1 aromatic rings. The topological polar surface area (TPSA) is 49.3 Å². The highest BCUT2D eigenvalue weighted by Crippen LogP contribution is 2.40. The minimum absolute atomic E-state index is 0.0417. The molecule has 4 heteroatoms. The third-order valence-corrected chi connectivity index (χ3v) is 4.81. The van der Waals surface area contributed by atoms with Gasteiger partial charge in [-0.05, 0) is 31.0 Å². The molecule has 1 aliphatic carbocycles. The Hall–Kier alpha value is -0.870. The van der Waals surface area contributed by atoms with Crippen LogP contribution in [0, 0.1) is 12.3 Å². The van der Waals surface area contributed by atoms with Crippen LogP contribution in [-0.4, -0.2) is 23.2 Å². The molecule has 1 saturated carbocycles. The number of aliphatic hydroxyl groups excluding tert-OH is 1. The predicted octanol–water partition coefficient (Wildman–Crippen LogP) is 2.65. The molecule has 2 rings (SSSR count). The van der Waals surface area contributed by atoms with Gasteiger partial charge >= 0.3 is 0 Å². The van der Waals surface area contributed by atoms with Crippen molar-refractivity contribution in [3.8, 4) is 0 Å². The second-order valence-corrected chi connectivity index (χ2v) is 6.42. The number of carbonyl (C=O) groups is 1. The molecule has 98 valence electrons. The summed E-state index contributed by atoms with van der Waals surface area (Å²) in [6.45, 7) is 5.92. The van der Waals surface area contributed by atoms with Crippen LogP contribution in [0.1, 0.15) is 36.2 Å². The van der Waals surface area contributed by atoms with Gasteiger partial charge in [-0.1, -0.05) is 35.8 Å². The monoisotopic (exact) mass is 311 g/mol. The van der Waals surface area contributed by atoms with Crippen LogP contribution in [0.15, 0.2) is 22.7 Å². The number of aliphatic hydroxyl groups is 1. The lowest BCUT2D eigenvalue weighted by atomic mass is 9.64. The Bertz CT molecular complexity index is 485. The molecule has 0 saturated heterocycles. The summed E-state index contributed by atoms with van der Waals surface area (Å²) < 4.78 is 0.933. The van der Waals surface area contributed by atoms with Gasteiger partial charge in [-0.2, -0.15) is 0 Å². The Balaban J connectivity index is 2.07. The number of amides is 1. The van der Waals surface area contributed by atoms with Crippen molar-refractivity contribution < 1.29 is 9.90 Å². The standard InChI is InChI=1S/C14H18BrNO2/c1-8-4-5-9(6-10(8)15)13(18)16-11-7-12(17)14(11,2)3/h4-6,11-12,17H,7H2,1-3H3,(H,16,18). The fourth-order valence-electron chi connectivity index (χ4n) is 2.12. The Labute approximate surface area is 116 Å². The number of benzene rings is 1. The molecule has 0 heterocycles. The van der Waals surface area contributed by atoms with Crippen molar-refractivity contribution >= 4 is 21.8 Å². The molecule has 1 aromatic carbocycles. The highest BCUT2D eigenvalue weighted by Gasteiger charge is 2.47. The first kappa shape index (κ1) is 13.6. The second kappa shape index (κ2) is 4.67. The Morgan fingerprint density at radius 2 is 2.17 bits per heavy atom. The van der Waals surface area contributed by atoms with E-state index >= 15 is 0 Å². The molecule has 1 amide bonds. The minimum Gasteiger partial charge on any atom is -0.392 e. The van der Waals surface area contributed by atoms with Crippen molar-refractivity contribution in [2.24, 2.45) is 5.41 Å². The van der Waals surface area contributed by atoms with Gasteiger partial charge in [0, 0.05) is 21.5 Å². The molecule has 1 fully saturated rings. The van der Waals surface area contributed by atoms with E-state index in [9.17, 15) is 9.90 Å². The summed E-state index contributed by atoms with van der Waals surface area (Å²) in [5, 5.41) is 12.6.